The van der Waals surface area contributed by atoms with Crippen LogP contribution in [0.4, 0.5) is 0 Å². The van der Waals surface area contributed by atoms with Crippen molar-refractivity contribution in [3.8, 4) is 0 Å². The Bertz CT molecular complexity index is 428. The van der Waals surface area contributed by atoms with Crippen LogP contribution in [-0.2, 0) is 28.6 Å². The Balaban J connectivity index is 2.44. The fourth-order valence-corrected chi connectivity index (χ4v) is 3.11. The number of hydrogen-bond donors (Lipinski definition) is 1. The lowest BCUT2D eigenvalue weighted by Crippen LogP contribution is -2.46. The fourth-order valence-electron chi connectivity index (χ4n) is 3.11. The van der Waals surface area contributed by atoms with E-state index in [-0.39, 0.29) is 6.42 Å². The Morgan fingerprint density at radius 1 is 1.26 bits per heavy atom. The lowest BCUT2D eigenvalue weighted by atomic mass is 9.84. The Labute approximate surface area is 109 Å². The lowest BCUT2D eigenvalue weighted by Gasteiger charge is -2.34. The third-order valence-electron chi connectivity index (χ3n) is 4.01. The molecule has 7 heteroatoms. The summed E-state index contributed by atoms with van der Waals surface area (Å²) in [4.78, 5) is 35.5. The van der Waals surface area contributed by atoms with Gasteiger partial charge in [0.25, 0.3) is 0 Å². The van der Waals surface area contributed by atoms with Gasteiger partial charge in [0.1, 0.15) is 0 Å². The molecule has 1 aliphatic heterocycles. The van der Waals surface area contributed by atoms with Crippen LogP contribution in [0.5, 0.6) is 0 Å². The van der Waals surface area contributed by atoms with Crippen LogP contribution < -0.4 is 0 Å². The van der Waals surface area contributed by atoms with Gasteiger partial charge in [-0.3, -0.25) is 14.4 Å². The molecule has 7 nitrogen and oxygen atoms in total. The summed E-state index contributed by atoms with van der Waals surface area (Å²) in [6.45, 7) is 1.31. The molecule has 1 N–H and O–H groups in total. The monoisotopic (exact) mass is 272 g/mol. The second-order valence-corrected chi connectivity index (χ2v) is 5.02. The topological polar surface area (TPSA) is 99.1 Å². The highest BCUT2D eigenvalue weighted by atomic mass is 16.7. The Morgan fingerprint density at radius 3 is 2.32 bits per heavy atom. The summed E-state index contributed by atoms with van der Waals surface area (Å²) in [6, 6.07) is 0. The SMILES string of the molecule is COC(=O)C1C2CC(C1C(=O)OC)C(C)(O)OC2=O. The van der Waals surface area contributed by atoms with Crippen molar-refractivity contribution in [2.45, 2.75) is 19.1 Å². The molecule has 5 unspecified atom stereocenters. The van der Waals surface area contributed by atoms with Crippen LogP contribution in [-0.4, -0.2) is 43.0 Å². The minimum atomic E-state index is -1.78. The molecule has 5 atom stereocenters. The van der Waals surface area contributed by atoms with Gasteiger partial charge in [-0.1, -0.05) is 0 Å². The third-order valence-corrected chi connectivity index (χ3v) is 4.01. The highest BCUT2D eigenvalue weighted by Crippen LogP contribution is 2.52. The molecule has 1 aliphatic carbocycles. The van der Waals surface area contributed by atoms with Crippen LogP contribution in [0.3, 0.4) is 0 Å². The number of fused-ring (bicyclic) bond motifs is 2. The maximum atomic E-state index is 11.9. The van der Waals surface area contributed by atoms with E-state index < -0.39 is 47.4 Å². The number of carbonyl (C=O) groups is 3. The first-order chi connectivity index (χ1) is 8.83. The predicted molar refractivity (Wildman–Crippen MR) is 59.3 cm³/mol. The number of ether oxygens (including phenoxy) is 3. The van der Waals surface area contributed by atoms with Crippen LogP contribution >= 0.6 is 0 Å². The standard InChI is InChI=1S/C12H16O7/c1-12(16)6-4-5(9(13)19-12)7(10(14)17-2)8(6)11(15)18-3/h5-8,16H,4H2,1-3H3. The van der Waals surface area contributed by atoms with E-state index in [0.717, 1.165) is 0 Å². The second-order valence-electron chi connectivity index (χ2n) is 5.02. The average molecular weight is 272 g/mol. The molecule has 1 saturated carbocycles. The molecule has 2 fully saturated rings. The summed E-state index contributed by atoms with van der Waals surface area (Å²) in [5.74, 6) is -7.15. The van der Waals surface area contributed by atoms with Crippen molar-refractivity contribution in [2.24, 2.45) is 23.7 Å². The third kappa shape index (κ3) is 1.98. The van der Waals surface area contributed by atoms with Gasteiger partial charge in [-0.25, -0.2) is 0 Å². The number of hydrogen-bond acceptors (Lipinski definition) is 7. The van der Waals surface area contributed by atoms with E-state index in [2.05, 4.69) is 9.47 Å². The first-order valence-electron chi connectivity index (χ1n) is 5.94. The van der Waals surface area contributed by atoms with Crippen LogP contribution in [0.15, 0.2) is 0 Å². The quantitative estimate of drug-likeness (QED) is 0.532. The lowest BCUT2D eigenvalue weighted by molar-refractivity contribution is -0.240. The van der Waals surface area contributed by atoms with Gasteiger partial charge in [-0.15, -0.1) is 0 Å². The van der Waals surface area contributed by atoms with Crippen LogP contribution in [0.1, 0.15) is 13.3 Å². The molecule has 0 aromatic rings. The van der Waals surface area contributed by atoms with Gasteiger partial charge in [0, 0.05) is 12.8 Å². The Kier molecular flexibility index (Phi) is 3.25. The molecule has 0 radical (unpaired) electrons. The number of aliphatic hydroxyl groups is 1. The van der Waals surface area contributed by atoms with E-state index in [1.165, 1.54) is 21.1 Å². The summed E-state index contributed by atoms with van der Waals surface area (Å²) in [7, 11) is 2.37. The maximum absolute atomic E-state index is 11.9. The highest BCUT2D eigenvalue weighted by Gasteiger charge is 2.64. The number of cyclic esters (lactones) is 1. The number of methoxy groups -OCH3 is 2. The first kappa shape index (κ1) is 13.8. The van der Waals surface area contributed by atoms with Gasteiger partial charge in [0.05, 0.1) is 32.0 Å². The van der Waals surface area contributed by atoms with Crippen molar-refractivity contribution in [3.63, 3.8) is 0 Å². The Morgan fingerprint density at radius 2 is 1.79 bits per heavy atom. The minimum Gasteiger partial charge on any atom is -0.469 e. The van der Waals surface area contributed by atoms with Gasteiger partial charge < -0.3 is 19.3 Å². The van der Waals surface area contributed by atoms with Crippen LogP contribution in [0.25, 0.3) is 0 Å². The van der Waals surface area contributed by atoms with Gasteiger partial charge in [0.2, 0.25) is 5.79 Å². The Hall–Kier alpha value is -1.63. The molecule has 0 aromatic carbocycles. The molecule has 0 spiro atoms. The van der Waals surface area contributed by atoms with Crippen molar-refractivity contribution in [2.75, 3.05) is 14.2 Å². The van der Waals surface area contributed by atoms with E-state index in [1.54, 1.807) is 0 Å². The summed E-state index contributed by atoms with van der Waals surface area (Å²) in [5.41, 5.74) is 0. The minimum absolute atomic E-state index is 0.200. The smallest absolute Gasteiger partial charge is 0.312 e. The van der Waals surface area contributed by atoms with E-state index in [9.17, 15) is 19.5 Å². The molecule has 19 heavy (non-hydrogen) atoms. The zero-order valence-corrected chi connectivity index (χ0v) is 10.9. The van der Waals surface area contributed by atoms with E-state index in [4.69, 9.17) is 4.74 Å². The van der Waals surface area contributed by atoms with Crippen molar-refractivity contribution in [1.29, 1.82) is 0 Å². The molecular formula is C12H16O7. The van der Waals surface area contributed by atoms with Gasteiger partial charge in [0.15, 0.2) is 0 Å². The predicted octanol–water partition coefficient (Wildman–Crippen LogP) is -0.534. The van der Waals surface area contributed by atoms with E-state index in [0.29, 0.717) is 0 Å². The van der Waals surface area contributed by atoms with Crippen LogP contribution in [0.2, 0.25) is 0 Å². The van der Waals surface area contributed by atoms with Gasteiger partial charge in [-0.2, -0.15) is 0 Å². The van der Waals surface area contributed by atoms with E-state index in [1.807, 2.05) is 0 Å². The molecule has 0 aromatic heterocycles. The zero-order valence-electron chi connectivity index (χ0n) is 10.9. The number of carbonyl (C=O) groups excluding carboxylic acids is 3. The average Bonchev–Trinajstić information content (AvgIpc) is 2.73. The molecular weight excluding hydrogens is 256 g/mol. The summed E-state index contributed by atoms with van der Waals surface area (Å²) >= 11 is 0. The molecule has 1 saturated heterocycles. The highest BCUT2D eigenvalue weighted by molar-refractivity contribution is 5.89. The fraction of sp³-hybridized carbons (Fsp3) is 0.750. The van der Waals surface area contributed by atoms with Crippen molar-refractivity contribution in [3.05, 3.63) is 0 Å². The van der Waals surface area contributed by atoms with Crippen LogP contribution in [0, 0.1) is 23.7 Å². The zero-order chi connectivity index (χ0) is 14.4. The van der Waals surface area contributed by atoms with Crippen molar-refractivity contribution in [1.82, 2.24) is 0 Å². The first-order valence-corrected chi connectivity index (χ1v) is 5.94. The normalized spacial score (nSPS) is 40.5. The molecule has 2 aliphatic rings. The molecule has 2 bridgehead atoms. The molecule has 2 rings (SSSR count). The molecule has 106 valence electrons. The van der Waals surface area contributed by atoms with Crippen molar-refractivity contribution >= 4 is 17.9 Å². The van der Waals surface area contributed by atoms with Gasteiger partial charge in [-0.05, 0) is 6.42 Å². The second kappa shape index (κ2) is 4.48. The summed E-state index contributed by atoms with van der Waals surface area (Å²) in [6.07, 6.45) is 0.200. The molecule has 0 amide bonds. The maximum Gasteiger partial charge on any atom is 0.312 e. The largest absolute Gasteiger partial charge is 0.469 e. The van der Waals surface area contributed by atoms with Crippen molar-refractivity contribution < 1.29 is 33.7 Å². The van der Waals surface area contributed by atoms with E-state index >= 15 is 0 Å². The number of rotatable bonds is 2. The van der Waals surface area contributed by atoms with Gasteiger partial charge >= 0.3 is 17.9 Å². The number of esters is 3. The summed E-state index contributed by atoms with van der Waals surface area (Å²) < 4.78 is 14.2. The summed E-state index contributed by atoms with van der Waals surface area (Å²) in [5, 5.41) is 10.1. The molecule has 1 heterocycles.